The molecule has 1 N–H and O–H groups in total. The maximum absolute atomic E-state index is 13.7. The van der Waals surface area contributed by atoms with Gasteiger partial charge in [0.2, 0.25) is 5.91 Å². The van der Waals surface area contributed by atoms with Gasteiger partial charge in [0.1, 0.15) is 23.1 Å². The van der Waals surface area contributed by atoms with Crippen molar-refractivity contribution in [2.45, 2.75) is 11.7 Å². The molecule has 4 aromatic rings. The van der Waals surface area contributed by atoms with Crippen molar-refractivity contribution in [2.24, 2.45) is 0 Å². The lowest BCUT2D eigenvalue weighted by Gasteiger charge is -2.12. The van der Waals surface area contributed by atoms with Crippen molar-refractivity contribution in [1.82, 2.24) is 9.55 Å². The summed E-state index contributed by atoms with van der Waals surface area (Å²) in [5.41, 5.74) is -0.302. The maximum Gasteiger partial charge on any atom is 0.262 e. The highest BCUT2D eigenvalue weighted by atomic mass is 32.2. The van der Waals surface area contributed by atoms with Crippen molar-refractivity contribution < 1.29 is 18.0 Å². The van der Waals surface area contributed by atoms with Crippen molar-refractivity contribution >= 4 is 34.3 Å². The Hall–Kier alpha value is -3.46. The summed E-state index contributed by atoms with van der Waals surface area (Å²) in [5, 5.41) is 2.95. The number of aromatic nitrogens is 2. The third-order valence-corrected chi connectivity index (χ3v) is 5.26. The van der Waals surface area contributed by atoms with Crippen LogP contribution in [0.15, 0.2) is 75.2 Å². The number of furan rings is 1. The maximum atomic E-state index is 13.7. The summed E-state index contributed by atoms with van der Waals surface area (Å²) in [6.07, 6.45) is 1.50. The molecule has 0 spiro atoms. The molecule has 0 atom stereocenters. The monoisotopic (exact) mass is 427 g/mol. The second kappa shape index (κ2) is 8.50. The number of para-hydroxylation sites is 2. The molecule has 0 aliphatic carbocycles. The van der Waals surface area contributed by atoms with Gasteiger partial charge in [-0.25, -0.2) is 13.8 Å². The first-order chi connectivity index (χ1) is 14.5. The van der Waals surface area contributed by atoms with Crippen LogP contribution in [-0.2, 0) is 11.3 Å². The van der Waals surface area contributed by atoms with E-state index in [1.165, 1.54) is 16.9 Å². The van der Waals surface area contributed by atoms with Gasteiger partial charge in [-0.15, -0.1) is 0 Å². The minimum absolute atomic E-state index is 0.134. The lowest BCUT2D eigenvalue weighted by Crippen LogP contribution is -2.24. The number of halogens is 2. The van der Waals surface area contributed by atoms with Crippen LogP contribution < -0.4 is 10.9 Å². The quantitative estimate of drug-likeness (QED) is 0.371. The molecule has 6 nitrogen and oxygen atoms in total. The highest BCUT2D eigenvalue weighted by Crippen LogP contribution is 2.21. The molecule has 152 valence electrons. The molecule has 4 rings (SSSR count). The Morgan fingerprint density at radius 3 is 2.57 bits per heavy atom. The van der Waals surface area contributed by atoms with Gasteiger partial charge in [-0.2, -0.15) is 0 Å². The number of nitrogens with one attached hydrogen (secondary N) is 1. The van der Waals surface area contributed by atoms with E-state index in [0.29, 0.717) is 21.8 Å². The van der Waals surface area contributed by atoms with Crippen LogP contribution in [0.1, 0.15) is 5.76 Å². The molecule has 30 heavy (non-hydrogen) atoms. The third kappa shape index (κ3) is 4.11. The molecule has 0 unspecified atom stereocenters. The molecule has 2 aromatic heterocycles. The molecule has 2 heterocycles. The third-order valence-electron chi connectivity index (χ3n) is 4.28. The van der Waals surface area contributed by atoms with Gasteiger partial charge in [0.05, 0.1) is 29.5 Å². The molecular weight excluding hydrogens is 412 g/mol. The molecule has 0 saturated carbocycles. The zero-order valence-electron chi connectivity index (χ0n) is 15.5. The number of fused-ring (bicyclic) bond motifs is 1. The van der Waals surface area contributed by atoms with Crippen LogP contribution in [0.5, 0.6) is 0 Å². The van der Waals surface area contributed by atoms with Gasteiger partial charge in [-0.05, 0) is 36.4 Å². The molecule has 2 aromatic carbocycles. The van der Waals surface area contributed by atoms with Gasteiger partial charge in [-0.3, -0.25) is 14.2 Å². The Morgan fingerprint density at radius 2 is 1.83 bits per heavy atom. The highest BCUT2D eigenvalue weighted by molar-refractivity contribution is 7.99. The van der Waals surface area contributed by atoms with Gasteiger partial charge in [0, 0.05) is 0 Å². The van der Waals surface area contributed by atoms with Crippen LogP contribution in [0.3, 0.4) is 0 Å². The van der Waals surface area contributed by atoms with Crippen molar-refractivity contribution in [3.8, 4) is 0 Å². The van der Waals surface area contributed by atoms with E-state index in [4.69, 9.17) is 4.42 Å². The second-order valence-corrected chi connectivity index (χ2v) is 7.26. The van der Waals surface area contributed by atoms with E-state index in [0.717, 1.165) is 23.9 Å². The molecule has 0 aliphatic heterocycles. The summed E-state index contributed by atoms with van der Waals surface area (Å²) in [4.78, 5) is 29.7. The predicted octanol–water partition coefficient (Wildman–Crippen LogP) is 4.05. The molecule has 0 radical (unpaired) electrons. The number of amides is 1. The smallest absolute Gasteiger partial charge is 0.262 e. The number of anilines is 1. The number of carbonyl (C=O) groups is 1. The first-order valence-electron chi connectivity index (χ1n) is 8.91. The first-order valence-corrected chi connectivity index (χ1v) is 9.90. The van der Waals surface area contributed by atoms with Crippen molar-refractivity contribution in [3.05, 3.63) is 88.6 Å². The average molecular weight is 427 g/mol. The van der Waals surface area contributed by atoms with Crippen LogP contribution in [0.25, 0.3) is 10.9 Å². The molecule has 0 fully saturated rings. The van der Waals surface area contributed by atoms with Crippen LogP contribution in [-0.4, -0.2) is 21.2 Å². The molecule has 0 bridgehead atoms. The standard InChI is InChI=1S/C21H15F2N3O3S/c22-15-7-3-8-16(23)19(15)25-18(27)12-30-21-24-17-9-2-1-6-14(17)20(28)26(21)11-13-5-4-10-29-13/h1-10H,11-12H2,(H,25,27). The van der Waals surface area contributed by atoms with E-state index in [-0.39, 0.29) is 17.9 Å². The normalized spacial score (nSPS) is 11.0. The van der Waals surface area contributed by atoms with Crippen LogP contribution in [0.2, 0.25) is 0 Å². The van der Waals surface area contributed by atoms with Crippen LogP contribution >= 0.6 is 11.8 Å². The van der Waals surface area contributed by atoms with Crippen molar-refractivity contribution in [3.63, 3.8) is 0 Å². The Labute approximate surface area is 173 Å². The number of rotatable bonds is 6. The van der Waals surface area contributed by atoms with E-state index >= 15 is 0 Å². The number of benzene rings is 2. The average Bonchev–Trinajstić information content (AvgIpc) is 3.25. The molecule has 1 amide bonds. The number of hydrogen-bond acceptors (Lipinski definition) is 5. The number of nitrogens with zero attached hydrogens (tertiary/aromatic N) is 2. The Morgan fingerprint density at radius 1 is 1.07 bits per heavy atom. The highest BCUT2D eigenvalue weighted by Gasteiger charge is 2.16. The van der Waals surface area contributed by atoms with E-state index < -0.39 is 23.2 Å². The summed E-state index contributed by atoms with van der Waals surface area (Å²) in [6, 6.07) is 13.6. The SMILES string of the molecule is O=C(CSc1nc2ccccc2c(=O)n1Cc1ccco1)Nc1c(F)cccc1F. The Kier molecular flexibility index (Phi) is 5.62. The zero-order valence-corrected chi connectivity index (χ0v) is 16.3. The van der Waals surface area contributed by atoms with E-state index in [1.807, 2.05) is 0 Å². The summed E-state index contributed by atoms with van der Waals surface area (Å²) < 4.78 is 34.2. The summed E-state index contributed by atoms with van der Waals surface area (Å²) >= 11 is 0.990. The van der Waals surface area contributed by atoms with Crippen molar-refractivity contribution in [1.29, 1.82) is 0 Å². The minimum Gasteiger partial charge on any atom is -0.467 e. The van der Waals surface area contributed by atoms with E-state index in [2.05, 4.69) is 10.3 Å². The number of carbonyl (C=O) groups excluding carboxylic acids is 1. The zero-order chi connectivity index (χ0) is 21.1. The molecule has 9 heteroatoms. The van der Waals surface area contributed by atoms with Crippen LogP contribution in [0, 0.1) is 11.6 Å². The molecule has 0 saturated heterocycles. The van der Waals surface area contributed by atoms with Crippen molar-refractivity contribution in [2.75, 3.05) is 11.1 Å². The molecular formula is C21H15F2N3O3S. The van der Waals surface area contributed by atoms with Gasteiger partial charge in [0.25, 0.3) is 5.56 Å². The summed E-state index contributed by atoms with van der Waals surface area (Å²) in [7, 11) is 0. The number of hydrogen-bond donors (Lipinski definition) is 1. The predicted molar refractivity (Wildman–Crippen MR) is 110 cm³/mol. The Bertz CT molecular complexity index is 1250. The fourth-order valence-corrected chi connectivity index (χ4v) is 3.68. The Balaban J connectivity index is 1.61. The summed E-state index contributed by atoms with van der Waals surface area (Å²) in [6.45, 7) is 0.134. The molecule has 0 aliphatic rings. The number of thioether (sulfide) groups is 1. The first kappa shape index (κ1) is 19.8. The van der Waals surface area contributed by atoms with Gasteiger partial charge < -0.3 is 9.73 Å². The van der Waals surface area contributed by atoms with E-state index in [9.17, 15) is 18.4 Å². The van der Waals surface area contributed by atoms with Gasteiger partial charge in [-0.1, -0.05) is 30.0 Å². The summed E-state index contributed by atoms with van der Waals surface area (Å²) in [5.74, 6) is -2.01. The second-order valence-electron chi connectivity index (χ2n) is 6.32. The largest absolute Gasteiger partial charge is 0.467 e. The topological polar surface area (TPSA) is 77.1 Å². The van der Waals surface area contributed by atoms with Crippen LogP contribution in [0.4, 0.5) is 14.5 Å². The van der Waals surface area contributed by atoms with Gasteiger partial charge in [0.15, 0.2) is 5.16 Å². The lowest BCUT2D eigenvalue weighted by atomic mass is 10.2. The fraction of sp³-hybridized carbons (Fsp3) is 0.0952. The van der Waals surface area contributed by atoms with Gasteiger partial charge >= 0.3 is 0 Å². The minimum atomic E-state index is -0.869. The fourth-order valence-electron chi connectivity index (χ4n) is 2.88. The van der Waals surface area contributed by atoms with E-state index in [1.54, 1.807) is 36.4 Å². The lowest BCUT2D eigenvalue weighted by molar-refractivity contribution is -0.113.